The van der Waals surface area contributed by atoms with Crippen molar-refractivity contribution in [3.8, 4) is 5.75 Å². The average Bonchev–Trinajstić information content (AvgIpc) is 2.66. The first-order valence-electron chi connectivity index (χ1n) is 7.49. The Hall–Kier alpha value is -3.48. The molecule has 7 nitrogen and oxygen atoms in total. The molecule has 0 saturated carbocycles. The summed E-state index contributed by atoms with van der Waals surface area (Å²) in [6.45, 7) is -0.308. The predicted molar refractivity (Wildman–Crippen MR) is 91.9 cm³/mol. The maximum absolute atomic E-state index is 12.2. The largest absolute Gasteiger partial charge is 0.497 e. The number of benzene rings is 2. The fourth-order valence-electron chi connectivity index (χ4n) is 2.19. The van der Waals surface area contributed by atoms with Gasteiger partial charge < -0.3 is 9.47 Å². The fourth-order valence-corrected chi connectivity index (χ4v) is 2.19. The molecule has 0 bridgehead atoms. The van der Waals surface area contributed by atoms with Crippen molar-refractivity contribution >= 4 is 22.9 Å². The van der Waals surface area contributed by atoms with Gasteiger partial charge in [0.25, 0.3) is 5.56 Å². The van der Waals surface area contributed by atoms with E-state index in [0.717, 1.165) is 10.2 Å². The van der Waals surface area contributed by atoms with Gasteiger partial charge in [-0.15, -0.1) is 5.10 Å². The molecule has 0 radical (unpaired) electrons. The molecule has 7 heteroatoms. The van der Waals surface area contributed by atoms with Crippen LogP contribution in [0.25, 0.3) is 17.0 Å². The number of esters is 1. The Morgan fingerprint density at radius 3 is 2.88 bits per heavy atom. The number of ether oxygens (including phenoxy) is 2. The van der Waals surface area contributed by atoms with Gasteiger partial charge in [-0.1, -0.05) is 29.5 Å². The van der Waals surface area contributed by atoms with E-state index in [1.807, 2.05) is 12.1 Å². The SMILES string of the molecule is COc1cccc(C=CC(=O)OCn2nnc3ccccc3c2=O)c1. The molecule has 3 rings (SSSR count). The molecule has 0 amide bonds. The summed E-state index contributed by atoms with van der Waals surface area (Å²) in [5.74, 6) is 0.0955. The lowest BCUT2D eigenvalue weighted by atomic mass is 10.2. The zero-order valence-corrected chi connectivity index (χ0v) is 13.5. The third-order valence-corrected chi connectivity index (χ3v) is 3.46. The van der Waals surface area contributed by atoms with E-state index in [4.69, 9.17) is 9.47 Å². The highest BCUT2D eigenvalue weighted by atomic mass is 16.5. The monoisotopic (exact) mass is 337 g/mol. The van der Waals surface area contributed by atoms with E-state index in [1.165, 1.54) is 6.08 Å². The van der Waals surface area contributed by atoms with Gasteiger partial charge in [0.1, 0.15) is 11.3 Å². The molecule has 0 N–H and O–H groups in total. The van der Waals surface area contributed by atoms with Crippen molar-refractivity contribution in [3.05, 3.63) is 70.5 Å². The van der Waals surface area contributed by atoms with Crippen molar-refractivity contribution < 1.29 is 14.3 Å². The number of aromatic nitrogens is 3. The Balaban J connectivity index is 1.67. The molecule has 25 heavy (non-hydrogen) atoms. The van der Waals surface area contributed by atoms with E-state index in [2.05, 4.69) is 10.3 Å². The number of nitrogens with zero attached hydrogens (tertiary/aromatic N) is 3. The van der Waals surface area contributed by atoms with Crippen LogP contribution in [0.5, 0.6) is 5.75 Å². The lowest BCUT2D eigenvalue weighted by molar-refractivity contribution is -0.141. The van der Waals surface area contributed by atoms with E-state index in [9.17, 15) is 9.59 Å². The zero-order chi connectivity index (χ0) is 17.6. The molecule has 2 aromatic carbocycles. The van der Waals surface area contributed by atoms with Crippen molar-refractivity contribution in [1.82, 2.24) is 15.0 Å². The second-order valence-electron chi connectivity index (χ2n) is 5.11. The lowest BCUT2D eigenvalue weighted by Crippen LogP contribution is -2.26. The molecule has 0 aliphatic carbocycles. The second-order valence-corrected chi connectivity index (χ2v) is 5.11. The summed E-state index contributed by atoms with van der Waals surface area (Å²) in [5, 5.41) is 8.10. The third kappa shape index (κ3) is 3.89. The average molecular weight is 337 g/mol. The fraction of sp³-hybridized carbons (Fsp3) is 0.111. The van der Waals surface area contributed by atoms with Crippen LogP contribution < -0.4 is 10.3 Å². The molecule has 0 unspecified atom stereocenters. The molecular formula is C18H15N3O4. The summed E-state index contributed by atoms with van der Waals surface area (Å²) in [7, 11) is 1.57. The number of rotatable bonds is 5. The van der Waals surface area contributed by atoms with Gasteiger partial charge >= 0.3 is 5.97 Å². The topological polar surface area (TPSA) is 83.3 Å². The van der Waals surface area contributed by atoms with Gasteiger partial charge in [-0.2, -0.15) is 4.68 Å². The molecule has 0 aliphatic heterocycles. The molecule has 0 saturated heterocycles. The van der Waals surface area contributed by atoms with Crippen molar-refractivity contribution in [3.63, 3.8) is 0 Å². The summed E-state index contributed by atoms with van der Waals surface area (Å²) in [6.07, 6.45) is 2.87. The summed E-state index contributed by atoms with van der Waals surface area (Å²) >= 11 is 0. The highest BCUT2D eigenvalue weighted by Crippen LogP contribution is 2.13. The number of methoxy groups -OCH3 is 1. The van der Waals surface area contributed by atoms with Crippen LogP contribution in [-0.4, -0.2) is 28.1 Å². The lowest BCUT2D eigenvalue weighted by Gasteiger charge is -2.04. The first kappa shape index (κ1) is 16.4. The van der Waals surface area contributed by atoms with Gasteiger partial charge in [-0.25, -0.2) is 4.79 Å². The summed E-state index contributed by atoms with van der Waals surface area (Å²) in [6, 6.07) is 14.1. The number of carbonyl (C=O) groups is 1. The van der Waals surface area contributed by atoms with Crippen LogP contribution in [0.4, 0.5) is 0 Å². The molecule has 3 aromatic rings. The molecule has 0 spiro atoms. The maximum atomic E-state index is 12.2. The Morgan fingerprint density at radius 2 is 2.04 bits per heavy atom. The minimum atomic E-state index is -0.593. The van der Waals surface area contributed by atoms with Crippen LogP contribution in [0.2, 0.25) is 0 Å². The van der Waals surface area contributed by atoms with E-state index in [1.54, 1.807) is 49.6 Å². The minimum Gasteiger partial charge on any atom is -0.497 e. The first-order valence-corrected chi connectivity index (χ1v) is 7.49. The van der Waals surface area contributed by atoms with E-state index < -0.39 is 5.97 Å². The molecule has 0 fully saturated rings. The highest BCUT2D eigenvalue weighted by molar-refractivity contribution is 5.87. The first-order chi connectivity index (χ1) is 12.2. The minimum absolute atomic E-state index is 0.308. The van der Waals surface area contributed by atoms with Crippen molar-refractivity contribution in [2.75, 3.05) is 7.11 Å². The van der Waals surface area contributed by atoms with Gasteiger partial charge in [-0.3, -0.25) is 4.79 Å². The smallest absolute Gasteiger partial charge is 0.332 e. The van der Waals surface area contributed by atoms with Crippen molar-refractivity contribution in [2.24, 2.45) is 0 Å². The Morgan fingerprint density at radius 1 is 1.20 bits per heavy atom. The highest BCUT2D eigenvalue weighted by Gasteiger charge is 2.06. The Bertz CT molecular complexity index is 995. The Labute approximate surface area is 143 Å². The predicted octanol–water partition coefficient (Wildman–Crippen LogP) is 2.01. The zero-order valence-electron chi connectivity index (χ0n) is 13.5. The van der Waals surface area contributed by atoms with E-state index in [-0.39, 0.29) is 12.3 Å². The molecule has 126 valence electrons. The molecular weight excluding hydrogens is 322 g/mol. The second kappa shape index (κ2) is 7.39. The molecule has 1 heterocycles. The quantitative estimate of drug-likeness (QED) is 0.523. The van der Waals surface area contributed by atoms with E-state index >= 15 is 0 Å². The standard InChI is InChI=1S/C18H15N3O4/c1-24-14-6-4-5-13(11-14)9-10-17(22)25-12-21-18(23)15-7-2-3-8-16(15)19-20-21/h2-11H,12H2,1H3. The van der Waals surface area contributed by atoms with Crippen molar-refractivity contribution in [1.29, 1.82) is 0 Å². The van der Waals surface area contributed by atoms with Gasteiger partial charge in [0, 0.05) is 6.08 Å². The number of hydrogen-bond donors (Lipinski definition) is 0. The van der Waals surface area contributed by atoms with Crippen LogP contribution in [0, 0.1) is 0 Å². The van der Waals surface area contributed by atoms with Crippen LogP contribution in [-0.2, 0) is 16.3 Å². The number of fused-ring (bicyclic) bond motifs is 1. The van der Waals surface area contributed by atoms with Crippen LogP contribution in [0.3, 0.4) is 0 Å². The summed E-state index contributed by atoms with van der Waals surface area (Å²) in [5.41, 5.74) is 0.919. The normalized spacial score (nSPS) is 10.9. The van der Waals surface area contributed by atoms with Gasteiger partial charge in [0.05, 0.1) is 12.5 Å². The van der Waals surface area contributed by atoms with Gasteiger partial charge in [0.2, 0.25) is 0 Å². The summed E-state index contributed by atoms with van der Waals surface area (Å²) < 4.78 is 11.2. The number of carbonyl (C=O) groups excluding carboxylic acids is 1. The maximum Gasteiger partial charge on any atom is 0.332 e. The van der Waals surface area contributed by atoms with E-state index in [0.29, 0.717) is 16.7 Å². The summed E-state index contributed by atoms with van der Waals surface area (Å²) in [4.78, 5) is 24.0. The third-order valence-electron chi connectivity index (χ3n) is 3.46. The van der Waals surface area contributed by atoms with Crippen LogP contribution in [0.15, 0.2) is 59.4 Å². The van der Waals surface area contributed by atoms with Gasteiger partial charge in [-0.05, 0) is 35.9 Å². The Kier molecular flexibility index (Phi) is 4.84. The molecule has 0 aliphatic rings. The van der Waals surface area contributed by atoms with Crippen LogP contribution >= 0.6 is 0 Å². The molecule has 1 aromatic heterocycles. The number of hydrogen-bond acceptors (Lipinski definition) is 6. The van der Waals surface area contributed by atoms with Gasteiger partial charge in [0.15, 0.2) is 6.73 Å². The molecule has 0 atom stereocenters. The van der Waals surface area contributed by atoms with Crippen LogP contribution in [0.1, 0.15) is 5.56 Å². The van der Waals surface area contributed by atoms with Crippen molar-refractivity contribution in [2.45, 2.75) is 6.73 Å².